The third kappa shape index (κ3) is 2.37. The zero-order chi connectivity index (χ0) is 14.1. The molecule has 1 fully saturated rings. The van der Waals surface area contributed by atoms with Gasteiger partial charge in [-0.15, -0.1) is 0 Å². The normalized spacial score (nSPS) is 21.7. The van der Waals surface area contributed by atoms with E-state index in [2.05, 4.69) is 38.6 Å². The molecule has 5 nitrogen and oxygen atoms in total. The first kappa shape index (κ1) is 12.7. The zero-order valence-electron chi connectivity index (χ0n) is 12.1. The van der Waals surface area contributed by atoms with Crippen LogP contribution in [0.5, 0.6) is 0 Å². The van der Waals surface area contributed by atoms with Gasteiger partial charge in [-0.1, -0.05) is 31.0 Å². The predicted octanol–water partition coefficient (Wildman–Crippen LogP) is 3.01. The molecule has 1 aromatic heterocycles. The van der Waals surface area contributed by atoms with E-state index in [-0.39, 0.29) is 5.92 Å². The Morgan fingerprint density at radius 3 is 2.76 bits per heavy atom. The molecule has 0 spiro atoms. The highest BCUT2D eigenvalue weighted by Gasteiger charge is 2.29. The third-order valence-corrected chi connectivity index (χ3v) is 4.45. The third-order valence-electron chi connectivity index (χ3n) is 4.45. The molecule has 1 atom stereocenters. The number of fused-ring (bicyclic) bond motifs is 1. The smallest absolute Gasteiger partial charge is 0.266 e. The Kier molecular flexibility index (Phi) is 3.25. The lowest BCUT2D eigenvalue weighted by molar-refractivity contribution is 0.369. The van der Waals surface area contributed by atoms with Crippen LogP contribution in [0.2, 0.25) is 0 Å². The molecule has 0 amide bonds. The lowest BCUT2D eigenvalue weighted by Crippen LogP contribution is -2.25. The maximum atomic E-state index is 5.56. The van der Waals surface area contributed by atoms with Crippen molar-refractivity contribution in [3.8, 4) is 0 Å². The van der Waals surface area contributed by atoms with Gasteiger partial charge in [0, 0.05) is 25.3 Å². The maximum Gasteiger partial charge on any atom is 0.266 e. The summed E-state index contributed by atoms with van der Waals surface area (Å²) in [6.45, 7) is 2.91. The number of anilines is 2. The number of aromatic nitrogens is 2. The van der Waals surface area contributed by atoms with Crippen LogP contribution in [-0.2, 0) is 0 Å². The lowest BCUT2D eigenvalue weighted by Gasteiger charge is -2.16. The molecule has 2 aliphatic rings. The first-order valence-electron chi connectivity index (χ1n) is 7.83. The fourth-order valence-electron chi connectivity index (χ4n) is 3.27. The first-order chi connectivity index (χ1) is 10.4. The second kappa shape index (κ2) is 5.39. The van der Waals surface area contributed by atoms with Gasteiger partial charge in [-0.05, 0) is 29.6 Å². The van der Waals surface area contributed by atoms with Crippen molar-refractivity contribution in [3.05, 3.63) is 35.7 Å². The second-order valence-corrected chi connectivity index (χ2v) is 5.85. The van der Waals surface area contributed by atoms with Crippen molar-refractivity contribution in [1.82, 2.24) is 10.1 Å². The Labute approximate surface area is 124 Å². The van der Waals surface area contributed by atoms with E-state index in [1.165, 1.54) is 36.9 Å². The van der Waals surface area contributed by atoms with Crippen LogP contribution in [0.25, 0.3) is 0 Å². The van der Waals surface area contributed by atoms with Crippen LogP contribution in [0, 0.1) is 0 Å². The van der Waals surface area contributed by atoms with Crippen LogP contribution < -0.4 is 10.2 Å². The Morgan fingerprint density at radius 1 is 1.10 bits per heavy atom. The monoisotopic (exact) mass is 284 g/mol. The molecule has 0 radical (unpaired) electrons. The van der Waals surface area contributed by atoms with Gasteiger partial charge in [-0.25, -0.2) is 0 Å². The number of rotatable bonds is 2. The Balaban J connectivity index is 1.57. The summed E-state index contributed by atoms with van der Waals surface area (Å²) in [5, 5.41) is 7.62. The van der Waals surface area contributed by atoms with Gasteiger partial charge in [-0.3, -0.25) is 0 Å². The molecule has 1 N–H and O–H groups in total. The summed E-state index contributed by atoms with van der Waals surface area (Å²) < 4.78 is 5.56. The molecule has 2 aromatic rings. The average molecular weight is 284 g/mol. The van der Waals surface area contributed by atoms with Gasteiger partial charge in [0.05, 0.1) is 5.92 Å². The van der Waals surface area contributed by atoms with E-state index in [1.54, 1.807) is 0 Å². The summed E-state index contributed by atoms with van der Waals surface area (Å²) in [6, 6.07) is 8.34. The molecule has 5 heteroatoms. The van der Waals surface area contributed by atoms with Gasteiger partial charge in [0.25, 0.3) is 5.95 Å². The van der Waals surface area contributed by atoms with E-state index in [0.717, 1.165) is 31.5 Å². The van der Waals surface area contributed by atoms with Crippen molar-refractivity contribution in [1.29, 1.82) is 0 Å². The highest BCUT2D eigenvalue weighted by molar-refractivity contribution is 5.59. The molecular formula is C16H20N4O. The van der Waals surface area contributed by atoms with Crippen LogP contribution in [-0.4, -0.2) is 29.8 Å². The van der Waals surface area contributed by atoms with E-state index in [9.17, 15) is 0 Å². The SMILES string of the molecule is c1ccc2c(c1)NCC2c1nc(N2CCCCCC2)no1. The number of benzene rings is 1. The predicted molar refractivity (Wildman–Crippen MR) is 81.8 cm³/mol. The lowest BCUT2D eigenvalue weighted by atomic mass is 10.0. The van der Waals surface area contributed by atoms with E-state index < -0.39 is 0 Å². The van der Waals surface area contributed by atoms with Gasteiger partial charge in [0.1, 0.15) is 0 Å². The molecule has 0 aliphatic carbocycles. The maximum absolute atomic E-state index is 5.56. The number of hydrogen-bond donors (Lipinski definition) is 1. The fraction of sp³-hybridized carbons (Fsp3) is 0.500. The Hall–Kier alpha value is -2.04. The number of hydrogen-bond acceptors (Lipinski definition) is 5. The van der Waals surface area contributed by atoms with Crippen molar-refractivity contribution in [2.45, 2.75) is 31.6 Å². The van der Waals surface area contributed by atoms with Gasteiger partial charge >= 0.3 is 0 Å². The van der Waals surface area contributed by atoms with Gasteiger partial charge < -0.3 is 14.7 Å². The number of nitrogens with one attached hydrogen (secondary N) is 1. The molecule has 3 heterocycles. The first-order valence-corrected chi connectivity index (χ1v) is 7.83. The van der Waals surface area contributed by atoms with Crippen LogP contribution in [0.3, 0.4) is 0 Å². The summed E-state index contributed by atoms with van der Waals surface area (Å²) in [5.41, 5.74) is 2.43. The Bertz CT molecular complexity index is 616. The summed E-state index contributed by atoms with van der Waals surface area (Å²) >= 11 is 0. The molecule has 21 heavy (non-hydrogen) atoms. The largest absolute Gasteiger partial charge is 0.384 e. The quantitative estimate of drug-likeness (QED) is 0.918. The molecule has 2 aliphatic heterocycles. The van der Waals surface area contributed by atoms with E-state index in [4.69, 9.17) is 4.52 Å². The summed E-state index contributed by atoms with van der Waals surface area (Å²) in [6.07, 6.45) is 5.05. The molecule has 1 aromatic carbocycles. The zero-order valence-corrected chi connectivity index (χ0v) is 12.1. The topological polar surface area (TPSA) is 54.2 Å². The van der Waals surface area contributed by atoms with Gasteiger partial charge in [0.15, 0.2) is 0 Å². The highest BCUT2D eigenvalue weighted by Crippen LogP contribution is 2.35. The number of nitrogens with zero attached hydrogens (tertiary/aromatic N) is 3. The molecule has 1 saturated heterocycles. The molecular weight excluding hydrogens is 264 g/mol. The number of para-hydroxylation sites is 1. The summed E-state index contributed by atoms with van der Waals surface area (Å²) in [4.78, 5) is 6.92. The average Bonchev–Trinajstić information content (AvgIpc) is 3.07. The highest BCUT2D eigenvalue weighted by atomic mass is 16.5. The van der Waals surface area contributed by atoms with Crippen LogP contribution >= 0.6 is 0 Å². The summed E-state index contributed by atoms with van der Waals surface area (Å²) in [7, 11) is 0. The molecule has 110 valence electrons. The van der Waals surface area contributed by atoms with Crippen molar-refractivity contribution >= 4 is 11.6 Å². The van der Waals surface area contributed by atoms with Crippen molar-refractivity contribution < 1.29 is 4.52 Å². The van der Waals surface area contributed by atoms with Crippen molar-refractivity contribution in [3.63, 3.8) is 0 Å². The minimum Gasteiger partial charge on any atom is -0.384 e. The molecule has 0 bridgehead atoms. The van der Waals surface area contributed by atoms with E-state index in [1.807, 2.05) is 6.07 Å². The molecule has 4 rings (SSSR count). The fourth-order valence-corrected chi connectivity index (χ4v) is 3.27. The van der Waals surface area contributed by atoms with Crippen LogP contribution in [0.1, 0.15) is 43.1 Å². The second-order valence-electron chi connectivity index (χ2n) is 5.85. The van der Waals surface area contributed by atoms with Crippen LogP contribution in [0.4, 0.5) is 11.6 Å². The van der Waals surface area contributed by atoms with Crippen LogP contribution in [0.15, 0.2) is 28.8 Å². The minimum atomic E-state index is 0.175. The van der Waals surface area contributed by atoms with Gasteiger partial charge in [-0.2, -0.15) is 4.98 Å². The summed E-state index contributed by atoms with van der Waals surface area (Å²) in [5.74, 6) is 1.66. The Morgan fingerprint density at radius 2 is 1.90 bits per heavy atom. The molecule has 1 unspecified atom stereocenters. The van der Waals surface area contributed by atoms with E-state index in [0.29, 0.717) is 0 Å². The van der Waals surface area contributed by atoms with Gasteiger partial charge in [0.2, 0.25) is 5.89 Å². The minimum absolute atomic E-state index is 0.175. The standard InChI is InChI=1S/C16H20N4O/c1-2-6-10-20(9-5-1)16-18-15(21-19-16)13-11-17-14-8-4-3-7-12(13)14/h3-4,7-8,13,17H,1-2,5-6,9-11H2. The molecule has 0 saturated carbocycles. The van der Waals surface area contributed by atoms with E-state index >= 15 is 0 Å². The van der Waals surface area contributed by atoms with Crippen molar-refractivity contribution in [2.75, 3.05) is 29.9 Å². The van der Waals surface area contributed by atoms with Crippen molar-refractivity contribution in [2.24, 2.45) is 0 Å².